The van der Waals surface area contributed by atoms with Gasteiger partial charge in [0.15, 0.2) is 0 Å². The first-order valence-electron chi connectivity index (χ1n) is 15.5. The van der Waals surface area contributed by atoms with Crippen molar-refractivity contribution in [1.82, 2.24) is 4.90 Å². The van der Waals surface area contributed by atoms with Gasteiger partial charge in [0, 0.05) is 4.90 Å². The normalized spacial score (nSPS) is 14.5. The van der Waals surface area contributed by atoms with Gasteiger partial charge in [0.2, 0.25) is 11.8 Å². The number of hydrogen-bond donors (Lipinski definition) is 3. The van der Waals surface area contributed by atoms with Gasteiger partial charge in [-0.1, -0.05) is 107 Å². The lowest BCUT2D eigenvalue weighted by Crippen LogP contribution is -2.61. The third kappa shape index (κ3) is 10.9. The minimum absolute atomic E-state index is 0.0716. The highest BCUT2D eigenvalue weighted by molar-refractivity contribution is 8.00. The summed E-state index contributed by atoms with van der Waals surface area (Å²) in [6.07, 6.45) is -4.12. The molecule has 5 unspecified atom stereocenters. The second-order valence-corrected chi connectivity index (χ2v) is 13.1. The van der Waals surface area contributed by atoms with Crippen LogP contribution >= 0.6 is 11.8 Å². The van der Waals surface area contributed by atoms with Crippen LogP contribution in [0.3, 0.4) is 0 Å². The molecule has 0 fully saturated rings. The fourth-order valence-electron chi connectivity index (χ4n) is 5.08. The summed E-state index contributed by atoms with van der Waals surface area (Å²) in [7, 11) is 0. The number of primary amides is 1. The second-order valence-electron chi connectivity index (χ2n) is 11.9. The van der Waals surface area contributed by atoms with Gasteiger partial charge in [-0.2, -0.15) is 0 Å². The highest BCUT2D eigenvalue weighted by Crippen LogP contribution is 2.33. The molecule has 3 aromatic rings. The molecule has 3 rings (SSSR count). The van der Waals surface area contributed by atoms with Crippen molar-refractivity contribution in [3.63, 3.8) is 0 Å². The maximum absolute atomic E-state index is 14.8. The first-order valence-corrected chi connectivity index (χ1v) is 16.4. The number of rotatable bonds is 17. The van der Waals surface area contributed by atoms with Crippen molar-refractivity contribution in [2.45, 2.75) is 81.8 Å². The zero-order valence-electron chi connectivity index (χ0n) is 27.1. The second kappa shape index (κ2) is 18.2. The molecule has 0 bridgehead atoms. The van der Waals surface area contributed by atoms with Crippen LogP contribution in [0, 0.1) is 11.8 Å². The summed E-state index contributed by atoms with van der Waals surface area (Å²) < 4.78 is 11.4. The maximum atomic E-state index is 14.8. The minimum Gasteiger partial charge on any atom is -0.459 e. The fraction of sp³-hybridized carbons (Fsp3) is 0.389. The number of benzene rings is 3. The topological polar surface area (TPSA) is 156 Å². The summed E-state index contributed by atoms with van der Waals surface area (Å²) in [5.41, 5.74) is 6.76. The molecule has 47 heavy (non-hydrogen) atoms. The average Bonchev–Trinajstić information content (AvgIpc) is 3.05. The van der Waals surface area contributed by atoms with Crippen LogP contribution in [0.4, 0.5) is 0 Å². The van der Waals surface area contributed by atoms with Gasteiger partial charge >= 0.3 is 11.9 Å². The molecule has 0 aliphatic carbocycles. The van der Waals surface area contributed by atoms with E-state index in [0.29, 0.717) is 4.90 Å². The number of hydrogen-bond acceptors (Lipinski definition) is 9. The largest absolute Gasteiger partial charge is 0.459 e. The molecule has 3 aromatic carbocycles. The molecule has 0 aliphatic rings. The van der Waals surface area contributed by atoms with Crippen LogP contribution in [0.25, 0.3) is 0 Å². The fourth-order valence-corrected chi connectivity index (χ4v) is 6.23. The Morgan fingerprint density at radius 2 is 1.11 bits per heavy atom. The van der Waals surface area contributed by atoms with E-state index in [1.807, 2.05) is 12.1 Å². The van der Waals surface area contributed by atoms with Crippen molar-refractivity contribution < 1.29 is 38.9 Å². The number of carbonyl (C=O) groups is 4. The van der Waals surface area contributed by atoms with Crippen molar-refractivity contribution in [1.29, 1.82) is 0 Å². The zero-order chi connectivity index (χ0) is 34.5. The summed E-state index contributed by atoms with van der Waals surface area (Å²) in [5, 5.41) is 20.7. The molecular weight excluding hydrogens is 620 g/mol. The van der Waals surface area contributed by atoms with Crippen molar-refractivity contribution in [2.75, 3.05) is 0 Å². The number of nitrogens with zero attached hydrogens (tertiary/aromatic N) is 1. The first kappa shape index (κ1) is 37.3. The van der Waals surface area contributed by atoms with Gasteiger partial charge in [-0.15, -0.1) is 11.8 Å². The molecule has 0 saturated carbocycles. The van der Waals surface area contributed by atoms with E-state index in [9.17, 15) is 29.4 Å². The molecule has 11 heteroatoms. The predicted molar refractivity (Wildman–Crippen MR) is 178 cm³/mol. The Labute approximate surface area is 280 Å². The van der Waals surface area contributed by atoms with Crippen molar-refractivity contribution >= 4 is 35.5 Å². The van der Waals surface area contributed by atoms with Crippen LogP contribution in [-0.2, 0) is 41.9 Å². The number of aliphatic hydroxyl groups is 2. The number of carbonyl (C=O) groups excluding carboxylic acids is 4. The molecule has 0 spiro atoms. The van der Waals surface area contributed by atoms with E-state index < -0.39 is 71.6 Å². The van der Waals surface area contributed by atoms with Crippen LogP contribution in [0.2, 0.25) is 0 Å². The highest BCUT2D eigenvalue weighted by Gasteiger charge is 2.47. The third-order valence-corrected chi connectivity index (χ3v) is 8.69. The molecule has 4 N–H and O–H groups in total. The monoisotopic (exact) mass is 664 g/mol. The van der Waals surface area contributed by atoms with E-state index in [1.54, 1.807) is 107 Å². The summed E-state index contributed by atoms with van der Waals surface area (Å²) in [5.74, 6) is -4.32. The highest BCUT2D eigenvalue weighted by atomic mass is 32.2. The summed E-state index contributed by atoms with van der Waals surface area (Å²) in [6, 6.07) is 24.2. The van der Waals surface area contributed by atoms with E-state index in [1.165, 1.54) is 0 Å². The Morgan fingerprint density at radius 3 is 1.49 bits per heavy atom. The van der Waals surface area contributed by atoms with Gasteiger partial charge < -0.3 is 30.3 Å². The van der Waals surface area contributed by atoms with E-state index in [-0.39, 0.29) is 13.2 Å². The summed E-state index contributed by atoms with van der Waals surface area (Å²) in [6.45, 7) is 6.74. The zero-order valence-corrected chi connectivity index (χ0v) is 27.9. The molecule has 0 aliphatic heterocycles. The van der Waals surface area contributed by atoms with Gasteiger partial charge in [-0.25, -0.2) is 9.59 Å². The average molecular weight is 665 g/mol. The first-order chi connectivity index (χ1) is 22.4. The smallest absolute Gasteiger partial charge is 0.329 e. The van der Waals surface area contributed by atoms with Gasteiger partial charge in [-0.05, 0) is 35.1 Å². The Balaban J connectivity index is 2.10. The number of esters is 2. The van der Waals surface area contributed by atoms with Gasteiger partial charge in [0.25, 0.3) is 0 Å². The molecule has 0 heterocycles. The molecule has 2 amide bonds. The molecule has 0 radical (unpaired) electrons. The minimum atomic E-state index is -1.80. The number of nitrogens with two attached hydrogens (primary N) is 1. The molecular formula is C36H44N2O8S. The lowest BCUT2D eigenvalue weighted by Gasteiger charge is -2.41. The maximum Gasteiger partial charge on any atom is 0.329 e. The third-order valence-electron chi connectivity index (χ3n) is 7.41. The van der Waals surface area contributed by atoms with Crippen molar-refractivity contribution in [3.8, 4) is 0 Å². The Hall–Kier alpha value is -4.19. The molecule has 10 nitrogen and oxygen atoms in total. The Kier molecular flexibility index (Phi) is 14.5. The lowest BCUT2D eigenvalue weighted by molar-refractivity contribution is -0.170. The number of ether oxygens (including phenoxy) is 2. The predicted octanol–water partition coefficient (Wildman–Crippen LogP) is 4.11. The summed E-state index contributed by atoms with van der Waals surface area (Å²) in [4.78, 5) is 56.0. The van der Waals surface area contributed by atoms with Crippen LogP contribution in [0.15, 0.2) is 95.9 Å². The quantitative estimate of drug-likeness (QED) is 0.143. The van der Waals surface area contributed by atoms with Crippen molar-refractivity contribution in [2.24, 2.45) is 17.6 Å². The molecule has 5 atom stereocenters. The van der Waals surface area contributed by atoms with Gasteiger partial charge in [0.1, 0.15) is 36.7 Å². The molecule has 252 valence electrons. The van der Waals surface area contributed by atoms with E-state index in [4.69, 9.17) is 15.2 Å². The molecule has 0 saturated heterocycles. The van der Waals surface area contributed by atoms with E-state index in [0.717, 1.165) is 27.8 Å². The lowest BCUT2D eigenvalue weighted by atomic mass is 9.93. The van der Waals surface area contributed by atoms with Crippen LogP contribution in [0.1, 0.15) is 45.2 Å². The number of amides is 2. The SMILES string of the molecule is CC(C)C(C(=O)OCc1ccccc1)N(C(=O)C(Sc1ccccc1)C(O)C(O)CC(N)=O)C(C(=O)OCc1ccccc1)C(C)C. The van der Waals surface area contributed by atoms with E-state index >= 15 is 0 Å². The summed E-state index contributed by atoms with van der Waals surface area (Å²) >= 11 is 0.933. The Bertz CT molecular complexity index is 1370. The van der Waals surface area contributed by atoms with Crippen LogP contribution in [0.5, 0.6) is 0 Å². The molecule has 0 aromatic heterocycles. The number of aliphatic hydroxyl groups excluding tert-OH is 2. The number of thioether (sulfide) groups is 1. The van der Waals surface area contributed by atoms with Crippen molar-refractivity contribution in [3.05, 3.63) is 102 Å². The van der Waals surface area contributed by atoms with Crippen LogP contribution in [-0.4, -0.2) is 68.4 Å². The van der Waals surface area contributed by atoms with Gasteiger partial charge in [-0.3, -0.25) is 9.59 Å². The van der Waals surface area contributed by atoms with Gasteiger partial charge in [0.05, 0.1) is 12.5 Å². The Morgan fingerprint density at radius 1 is 0.702 bits per heavy atom. The standard InChI is InChI=1S/C36H44N2O8S/c1-23(2)30(35(43)45-21-25-14-8-5-9-15-25)38(31(24(3)4)36(44)46-22-26-16-10-6-11-17-26)34(42)33(32(41)28(39)20-29(37)40)47-27-18-12-7-13-19-27/h5-19,23-24,28,30-33,39,41H,20-22H2,1-4H3,(H2,37,40). The van der Waals surface area contributed by atoms with E-state index in [2.05, 4.69) is 0 Å². The van der Waals surface area contributed by atoms with Crippen LogP contribution < -0.4 is 5.73 Å².